The number of aromatic nitrogens is 1. The van der Waals surface area contributed by atoms with Crippen molar-refractivity contribution in [2.24, 2.45) is 5.92 Å². The number of pyridine rings is 1. The van der Waals surface area contributed by atoms with Crippen LogP contribution in [0.4, 0.5) is 0 Å². The zero-order valence-corrected chi connectivity index (χ0v) is 9.74. The molecule has 92 valence electrons. The monoisotopic (exact) mass is 243 g/mol. The van der Waals surface area contributed by atoms with E-state index >= 15 is 0 Å². The van der Waals surface area contributed by atoms with Crippen molar-refractivity contribution in [1.82, 2.24) is 4.98 Å². The molecule has 1 unspecified atom stereocenters. The Balaban J connectivity index is 1.87. The van der Waals surface area contributed by atoms with Gasteiger partial charge in [0.05, 0.1) is 11.7 Å². The van der Waals surface area contributed by atoms with Gasteiger partial charge in [0.15, 0.2) is 6.10 Å². The number of benzene rings is 1. The van der Waals surface area contributed by atoms with Gasteiger partial charge in [0.25, 0.3) is 0 Å². The van der Waals surface area contributed by atoms with E-state index in [2.05, 4.69) is 4.98 Å². The van der Waals surface area contributed by atoms with Crippen LogP contribution in [0, 0.1) is 5.92 Å². The summed E-state index contributed by atoms with van der Waals surface area (Å²) in [6, 6.07) is 9.51. The fraction of sp³-hybridized carbons (Fsp3) is 0.286. The SMILES string of the molecule is O=C(O)C(Oc1cnc2ccccc2c1)C1CC1. The predicted molar refractivity (Wildman–Crippen MR) is 66.5 cm³/mol. The molecule has 1 aliphatic carbocycles. The van der Waals surface area contributed by atoms with E-state index in [0.29, 0.717) is 5.75 Å². The van der Waals surface area contributed by atoms with E-state index in [1.807, 2.05) is 30.3 Å². The number of carboxylic acid groups (broad SMARTS) is 1. The van der Waals surface area contributed by atoms with Gasteiger partial charge in [-0.2, -0.15) is 0 Å². The zero-order valence-electron chi connectivity index (χ0n) is 9.74. The van der Waals surface area contributed by atoms with Crippen molar-refractivity contribution < 1.29 is 14.6 Å². The van der Waals surface area contributed by atoms with Gasteiger partial charge in [-0.3, -0.25) is 4.98 Å². The molecule has 1 aliphatic rings. The molecule has 1 saturated carbocycles. The number of hydrogen-bond donors (Lipinski definition) is 1. The van der Waals surface area contributed by atoms with Crippen molar-refractivity contribution in [2.45, 2.75) is 18.9 Å². The minimum atomic E-state index is -0.898. The highest BCUT2D eigenvalue weighted by Gasteiger charge is 2.38. The summed E-state index contributed by atoms with van der Waals surface area (Å²) in [4.78, 5) is 15.4. The first kappa shape index (κ1) is 11.0. The molecular weight excluding hydrogens is 230 g/mol. The maximum Gasteiger partial charge on any atom is 0.345 e. The molecule has 0 bridgehead atoms. The third-order valence-corrected chi connectivity index (χ3v) is 3.12. The Bertz CT molecular complexity index is 592. The van der Waals surface area contributed by atoms with Crippen molar-refractivity contribution in [1.29, 1.82) is 0 Å². The standard InChI is InChI=1S/C14H13NO3/c16-14(17)13(9-5-6-9)18-11-7-10-3-1-2-4-12(10)15-8-11/h1-4,7-9,13H,5-6H2,(H,16,17). The first-order chi connectivity index (χ1) is 8.74. The molecule has 0 saturated heterocycles. The number of carboxylic acids is 1. The van der Waals surface area contributed by atoms with E-state index < -0.39 is 12.1 Å². The first-order valence-corrected chi connectivity index (χ1v) is 5.98. The second-order valence-corrected chi connectivity index (χ2v) is 4.58. The average Bonchev–Trinajstić information content (AvgIpc) is 3.19. The lowest BCUT2D eigenvalue weighted by Crippen LogP contribution is -2.29. The third-order valence-electron chi connectivity index (χ3n) is 3.12. The topological polar surface area (TPSA) is 59.4 Å². The van der Waals surface area contributed by atoms with E-state index in [-0.39, 0.29) is 5.92 Å². The molecule has 18 heavy (non-hydrogen) atoms. The van der Waals surface area contributed by atoms with E-state index in [9.17, 15) is 4.79 Å². The molecule has 4 heteroatoms. The Morgan fingerprint density at radius 1 is 1.39 bits per heavy atom. The Morgan fingerprint density at radius 2 is 2.17 bits per heavy atom. The van der Waals surface area contributed by atoms with Gasteiger partial charge in [-0.25, -0.2) is 4.79 Å². The summed E-state index contributed by atoms with van der Waals surface area (Å²) in [5.41, 5.74) is 0.878. The van der Waals surface area contributed by atoms with Crippen LogP contribution >= 0.6 is 0 Å². The highest BCUT2D eigenvalue weighted by molar-refractivity contribution is 5.79. The molecule has 1 aromatic heterocycles. The molecular formula is C14H13NO3. The molecule has 1 N–H and O–H groups in total. The molecule has 1 fully saturated rings. The Kier molecular flexibility index (Phi) is 2.63. The Hall–Kier alpha value is -2.10. The maximum absolute atomic E-state index is 11.1. The summed E-state index contributed by atoms with van der Waals surface area (Å²) >= 11 is 0. The van der Waals surface area contributed by atoms with Crippen LogP contribution < -0.4 is 4.74 Å². The normalized spacial score (nSPS) is 16.4. The van der Waals surface area contributed by atoms with Crippen molar-refractivity contribution in [2.75, 3.05) is 0 Å². The fourth-order valence-electron chi connectivity index (χ4n) is 2.01. The summed E-state index contributed by atoms with van der Waals surface area (Å²) in [5.74, 6) is -0.229. The second-order valence-electron chi connectivity index (χ2n) is 4.58. The number of carbonyl (C=O) groups is 1. The van der Waals surface area contributed by atoms with Crippen molar-refractivity contribution in [3.05, 3.63) is 36.5 Å². The number of ether oxygens (including phenoxy) is 1. The highest BCUT2D eigenvalue weighted by atomic mass is 16.5. The molecule has 1 heterocycles. The Labute approximate surface area is 104 Å². The summed E-state index contributed by atoms with van der Waals surface area (Å²) in [6.07, 6.45) is 2.70. The van der Waals surface area contributed by atoms with Gasteiger partial charge in [-0.15, -0.1) is 0 Å². The highest BCUT2D eigenvalue weighted by Crippen LogP contribution is 2.35. The molecule has 0 aliphatic heterocycles. The second kappa shape index (κ2) is 4.29. The van der Waals surface area contributed by atoms with Crippen LogP contribution in [0.1, 0.15) is 12.8 Å². The fourth-order valence-corrected chi connectivity index (χ4v) is 2.01. The van der Waals surface area contributed by atoms with E-state index in [1.165, 1.54) is 0 Å². The lowest BCUT2D eigenvalue weighted by Gasteiger charge is -2.14. The van der Waals surface area contributed by atoms with Crippen LogP contribution in [-0.2, 0) is 4.79 Å². The molecule has 2 aromatic rings. The van der Waals surface area contributed by atoms with Crippen molar-refractivity contribution >= 4 is 16.9 Å². The first-order valence-electron chi connectivity index (χ1n) is 5.98. The van der Waals surface area contributed by atoms with Gasteiger partial charge >= 0.3 is 5.97 Å². The number of fused-ring (bicyclic) bond motifs is 1. The van der Waals surface area contributed by atoms with E-state index in [1.54, 1.807) is 6.20 Å². The van der Waals surface area contributed by atoms with Gasteiger partial charge in [-0.05, 0) is 25.0 Å². The van der Waals surface area contributed by atoms with Gasteiger partial charge < -0.3 is 9.84 Å². The zero-order chi connectivity index (χ0) is 12.5. The molecule has 0 amide bonds. The van der Waals surface area contributed by atoms with Crippen LogP contribution in [0.3, 0.4) is 0 Å². The number of aliphatic carboxylic acids is 1. The lowest BCUT2D eigenvalue weighted by molar-refractivity contribution is -0.146. The quantitative estimate of drug-likeness (QED) is 0.896. The molecule has 4 nitrogen and oxygen atoms in total. The minimum Gasteiger partial charge on any atom is -0.478 e. The van der Waals surface area contributed by atoms with Crippen molar-refractivity contribution in [3.8, 4) is 5.75 Å². The summed E-state index contributed by atoms with van der Waals surface area (Å²) in [5, 5.41) is 10.1. The van der Waals surface area contributed by atoms with Crippen LogP contribution in [-0.4, -0.2) is 22.2 Å². The maximum atomic E-state index is 11.1. The third kappa shape index (κ3) is 2.14. The number of rotatable bonds is 4. The van der Waals surface area contributed by atoms with Gasteiger partial charge in [0, 0.05) is 11.3 Å². The van der Waals surface area contributed by atoms with Crippen LogP contribution in [0.25, 0.3) is 10.9 Å². The van der Waals surface area contributed by atoms with Gasteiger partial charge in [0.1, 0.15) is 5.75 Å². The van der Waals surface area contributed by atoms with Crippen LogP contribution in [0.2, 0.25) is 0 Å². The molecule has 0 radical (unpaired) electrons. The summed E-state index contributed by atoms with van der Waals surface area (Å²) in [6.45, 7) is 0. The van der Waals surface area contributed by atoms with Gasteiger partial charge in [0.2, 0.25) is 0 Å². The van der Waals surface area contributed by atoms with Crippen LogP contribution in [0.15, 0.2) is 36.5 Å². The number of nitrogens with zero attached hydrogens (tertiary/aromatic N) is 1. The van der Waals surface area contributed by atoms with Gasteiger partial charge in [-0.1, -0.05) is 18.2 Å². The van der Waals surface area contributed by atoms with Crippen molar-refractivity contribution in [3.63, 3.8) is 0 Å². The minimum absolute atomic E-state index is 0.147. The summed E-state index contributed by atoms with van der Waals surface area (Å²) < 4.78 is 5.55. The summed E-state index contributed by atoms with van der Waals surface area (Å²) in [7, 11) is 0. The predicted octanol–water partition coefficient (Wildman–Crippen LogP) is 2.48. The van der Waals surface area contributed by atoms with E-state index in [4.69, 9.17) is 9.84 Å². The number of para-hydroxylation sites is 1. The average molecular weight is 243 g/mol. The molecule has 1 aromatic carbocycles. The molecule has 3 rings (SSSR count). The Morgan fingerprint density at radius 3 is 2.89 bits per heavy atom. The van der Waals surface area contributed by atoms with Crippen LogP contribution in [0.5, 0.6) is 5.75 Å². The smallest absolute Gasteiger partial charge is 0.345 e. The molecule has 0 spiro atoms. The molecule has 1 atom stereocenters. The van der Waals surface area contributed by atoms with E-state index in [0.717, 1.165) is 23.7 Å². The number of hydrogen-bond acceptors (Lipinski definition) is 3. The largest absolute Gasteiger partial charge is 0.478 e. The lowest BCUT2D eigenvalue weighted by atomic mass is 10.2.